The lowest BCUT2D eigenvalue weighted by atomic mass is 9.80. The second-order valence-corrected chi connectivity index (χ2v) is 8.11. The lowest BCUT2D eigenvalue weighted by Gasteiger charge is -2.33. The minimum absolute atomic E-state index is 0.0226. The Kier molecular flexibility index (Phi) is 5.01. The lowest BCUT2D eigenvalue weighted by Crippen LogP contribution is -2.42. The molecule has 0 radical (unpaired) electrons. The van der Waals surface area contributed by atoms with Gasteiger partial charge in [0.1, 0.15) is 4.99 Å². The highest BCUT2D eigenvalue weighted by molar-refractivity contribution is 7.89. The Labute approximate surface area is 132 Å². The molecule has 3 atom stereocenters. The first-order valence-electron chi connectivity index (χ1n) is 7.22. The van der Waals surface area contributed by atoms with E-state index in [4.69, 9.17) is 18.0 Å². The van der Waals surface area contributed by atoms with Crippen LogP contribution >= 0.6 is 12.2 Å². The van der Waals surface area contributed by atoms with Crippen LogP contribution in [-0.4, -0.2) is 19.4 Å². The number of rotatable bonds is 4. The van der Waals surface area contributed by atoms with Gasteiger partial charge in [0.25, 0.3) is 0 Å². The predicted molar refractivity (Wildman–Crippen MR) is 88.6 cm³/mol. The summed E-state index contributed by atoms with van der Waals surface area (Å²) in [6.45, 7) is 4.31. The topological polar surface area (TPSA) is 72.2 Å². The fourth-order valence-electron chi connectivity index (χ4n) is 3.01. The van der Waals surface area contributed by atoms with Gasteiger partial charge in [0.05, 0.1) is 4.90 Å². The van der Waals surface area contributed by atoms with Crippen LogP contribution in [0.5, 0.6) is 0 Å². The Morgan fingerprint density at radius 2 is 1.95 bits per heavy atom. The fraction of sp³-hybridized carbons (Fsp3) is 0.533. The van der Waals surface area contributed by atoms with Gasteiger partial charge in [-0.1, -0.05) is 44.3 Å². The van der Waals surface area contributed by atoms with Gasteiger partial charge in [-0.3, -0.25) is 0 Å². The smallest absolute Gasteiger partial charge is 0.241 e. The van der Waals surface area contributed by atoms with Crippen LogP contribution in [-0.2, 0) is 10.0 Å². The average Bonchev–Trinajstić information content (AvgIpc) is 2.42. The van der Waals surface area contributed by atoms with Crippen molar-refractivity contribution in [2.45, 2.75) is 44.0 Å². The zero-order valence-corrected chi connectivity index (χ0v) is 14.0. The van der Waals surface area contributed by atoms with Crippen molar-refractivity contribution in [3.05, 3.63) is 29.8 Å². The molecule has 1 aliphatic rings. The molecule has 0 amide bonds. The first kappa shape index (κ1) is 16.4. The minimum Gasteiger partial charge on any atom is -0.389 e. The Hall–Kier alpha value is -0.980. The van der Waals surface area contributed by atoms with E-state index in [-0.39, 0.29) is 15.9 Å². The van der Waals surface area contributed by atoms with Crippen molar-refractivity contribution in [1.29, 1.82) is 0 Å². The summed E-state index contributed by atoms with van der Waals surface area (Å²) in [6.07, 6.45) is 2.97. The molecule has 4 nitrogen and oxygen atoms in total. The highest BCUT2D eigenvalue weighted by atomic mass is 32.2. The monoisotopic (exact) mass is 326 g/mol. The van der Waals surface area contributed by atoms with E-state index in [0.29, 0.717) is 17.4 Å². The molecule has 2 rings (SSSR count). The Balaban J connectivity index is 2.25. The molecule has 0 aliphatic heterocycles. The molecule has 1 aliphatic carbocycles. The average molecular weight is 326 g/mol. The first-order valence-corrected chi connectivity index (χ1v) is 9.11. The third-order valence-electron chi connectivity index (χ3n) is 4.18. The number of hydrogen-bond acceptors (Lipinski definition) is 3. The van der Waals surface area contributed by atoms with E-state index in [2.05, 4.69) is 18.6 Å². The molecule has 0 saturated heterocycles. The van der Waals surface area contributed by atoms with Crippen molar-refractivity contribution in [2.75, 3.05) is 0 Å². The summed E-state index contributed by atoms with van der Waals surface area (Å²) in [5.41, 5.74) is 6.03. The molecule has 3 N–H and O–H groups in total. The normalized spacial score (nSPS) is 26.5. The molecule has 21 heavy (non-hydrogen) atoms. The number of nitrogens with one attached hydrogen (secondary N) is 1. The molecular formula is C15H22N2O2S2. The molecular weight excluding hydrogens is 304 g/mol. The zero-order chi connectivity index (χ0) is 15.6. The molecule has 3 unspecified atom stereocenters. The third kappa shape index (κ3) is 3.81. The SMILES string of the molecule is CC1CCC(NS(=O)(=O)c2ccccc2C(N)=S)C(C)C1. The second-order valence-electron chi connectivity index (χ2n) is 5.98. The van der Waals surface area contributed by atoms with Crippen molar-refractivity contribution < 1.29 is 8.42 Å². The highest BCUT2D eigenvalue weighted by Gasteiger charge is 2.30. The second kappa shape index (κ2) is 6.42. The number of nitrogens with two attached hydrogens (primary N) is 1. The predicted octanol–water partition coefficient (Wildman–Crippen LogP) is 2.42. The molecule has 0 spiro atoms. The van der Waals surface area contributed by atoms with Crippen LogP contribution in [0, 0.1) is 11.8 Å². The maximum Gasteiger partial charge on any atom is 0.241 e. The molecule has 0 aromatic heterocycles. The van der Waals surface area contributed by atoms with Gasteiger partial charge in [0, 0.05) is 11.6 Å². The number of benzene rings is 1. The van der Waals surface area contributed by atoms with E-state index in [1.807, 2.05) is 0 Å². The summed E-state index contributed by atoms with van der Waals surface area (Å²) in [6, 6.07) is 6.59. The fourth-order valence-corrected chi connectivity index (χ4v) is 4.85. The van der Waals surface area contributed by atoms with Crippen molar-refractivity contribution in [3.8, 4) is 0 Å². The van der Waals surface area contributed by atoms with Gasteiger partial charge in [0.2, 0.25) is 10.0 Å². The number of thiocarbonyl (C=S) groups is 1. The van der Waals surface area contributed by atoms with E-state index in [1.54, 1.807) is 24.3 Å². The van der Waals surface area contributed by atoms with E-state index < -0.39 is 10.0 Å². The van der Waals surface area contributed by atoms with Crippen molar-refractivity contribution in [3.63, 3.8) is 0 Å². The summed E-state index contributed by atoms with van der Waals surface area (Å²) in [5.74, 6) is 0.991. The van der Waals surface area contributed by atoms with Gasteiger partial charge in [0.15, 0.2) is 0 Å². The standard InChI is InChI=1S/C15H22N2O2S2/c1-10-7-8-13(11(2)9-10)17-21(18,19)14-6-4-3-5-12(14)15(16)20/h3-6,10-11,13,17H,7-9H2,1-2H3,(H2,16,20). The Morgan fingerprint density at radius 1 is 1.29 bits per heavy atom. The molecule has 1 saturated carbocycles. The number of sulfonamides is 1. The molecule has 1 fully saturated rings. The Morgan fingerprint density at radius 3 is 2.57 bits per heavy atom. The van der Waals surface area contributed by atoms with Gasteiger partial charge in [-0.05, 0) is 37.2 Å². The number of hydrogen-bond donors (Lipinski definition) is 2. The van der Waals surface area contributed by atoms with Gasteiger partial charge in [-0.25, -0.2) is 13.1 Å². The molecule has 1 aromatic carbocycles. The van der Waals surface area contributed by atoms with Crippen LogP contribution in [0.25, 0.3) is 0 Å². The Bertz CT molecular complexity index is 628. The van der Waals surface area contributed by atoms with E-state index in [9.17, 15) is 8.42 Å². The van der Waals surface area contributed by atoms with Crippen LogP contribution in [0.1, 0.15) is 38.7 Å². The van der Waals surface area contributed by atoms with Crippen molar-refractivity contribution in [1.82, 2.24) is 4.72 Å². The zero-order valence-electron chi connectivity index (χ0n) is 12.4. The largest absolute Gasteiger partial charge is 0.389 e. The van der Waals surface area contributed by atoms with Gasteiger partial charge >= 0.3 is 0 Å². The van der Waals surface area contributed by atoms with Crippen LogP contribution in [0.4, 0.5) is 0 Å². The highest BCUT2D eigenvalue weighted by Crippen LogP contribution is 2.30. The third-order valence-corrected chi connectivity index (χ3v) is 5.95. The molecule has 6 heteroatoms. The van der Waals surface area contributed by atoms with Crippen LogP contribution in [0.2, 0.25) is 0 Å². The molecule has 116 valence electrons. The van der Waals surface area contributed by atoms with Gasteiger partial charge in [-0.15, -0.1) is 0 Å². The van der Waals surface area contributed by atoms with Crippen molar-refractivity contribution >= 4 is 27.2 Å². The lowest BCUT2D eigenvalue weighted by molar-refractivity contribution is 0.249. The van der Waals surface area contributed by atoms with Crippen LogP contribution in [0.15, 0.2) is 29.2 Å². The van der Waals surface area contributed by atoms with E-state index >= 15 is 0 Å². The first-order chi connectivity index (χ1) is 9.81. The summed E-state index contributed by atoms with van der Waals surface area (Å²) in [5, 5.41) is 0. The summed E-state index contributed by atoms with van der Waals surface area (Å²) >= 11 is 4.95. The summed E-state index contributed by atoms with van der Waals surface area (Å²) in [7, 11) is -3.60. The summed E-state index contributed by atoms with van der Waals surface area (Å²) < 4.78 is 28.1. The quantitative estimate of drug-likeness (QED) is 0.834. The molecule has 1 aromatic rings. The van der Waals surface area contributed by atoms with Gasteiger partial charge in [-0.2, -0.15) is 0 Å². The van der Waals surface area contributed by atoms with Crippen LogP contribution < -0.4 is 10.5 Å². The summed E-state index contributed by atoms with van der Waals surface area (Å²) in [4.78, 5) is 0.268. The van der Waals surface area contributed by atoms with Crippen LogP contribution in [0.3, 0.4) is 0 Å². The van der Waals surface area contributed by atoms with E-state index in [0.717, 1.165) is 19.3 Å². The van der Waals surface area contributed by atoms with Crippen molar-refractivity contribution in [2.24, 2.45) is 17.6 Å². The minimum atomic E-state index is -3.60. The van der Waals surface area contributed by atoms with E-state index in [1.165, 1.54) is 0 Å². The maximum absolute atomic E-state index is 12.6. The maximum atomic E-state index is 12.6. The molecule has 0 bridgehead atoms. The van der Waals surface area contributed by atoms with Gasteiger partial charge < -0.3 is 5.73 Å². The molecule has 0 heterocycles.